The number of carbonyl (C=O) groups excluding carboxylic acids is 3. The standard InChI is InChI=1S/C22H24N2O4/c1-13(2)16-9-4-5-10-19(16)24-21(26)18-12-17(18)20(25)23-15-8-6-7-14(11-15)22(27)28-3/h4-11,13,17-18H,12H2,1-3H3,(H,23,25)(H,24,26). The van der Waals surface area contributed by atoms with Gasteiger partial charge in [-0.15, -0.1) is 0 Å². The van der Waals surface area contributed by atoms with Gasteiger partial charge in [0.1, 0.15) is 0 Å². The molecule has 2 aromatic carbocycles. The minimum atomic E-state index is -0.469. The van der Waals surface area contributed by atoms with E-state index in [9.17, 15) is 14.4 Å². The van der Waals surface area contributed by atoms with Crippen LogP contribution in [0.5, 0.6) is 0 Å². The third kappa shape index (κ3) is 4.39. The summed E-state index contributed by atoms with van der Waals surface area (Å²) in [5.41, 5.74) is 2.72. The lowest BCUT2D eigenvalue weighted by Gasteiger charge is -2.13. The lowest BCUT2D eigenvalue weighted by atomic mass is 10.0. The summed E-state index contributed by atoms with van der Waals surface area (Å²) in [5, 5.41) is 5.73. The van der Waals surface area contributed by atoms with Crippen LogP contribution in [0.15, 0.2) is 48.5 Å². The van der Waals surface area contributed by atoms with Gasteiger partial charge >= 0.3 is 5.97 Å². The molecule has 1 aliphatic carbocycles. The van der Waals surface area contributed by atoms with Crippen molar-refractivity contribution < 1.29 is 19.1 Å². The van der Waals surface area contributed by atoms with Crippen LogP contribution in [0.25, 0.3) is 0 Å². The molecule has 3 rings (SSSR count). The SMILES string of the molecule is COC(=O)c1cccc(NC(=O)C2CC2C(=O)Nc2ccccc2C(C)C)c1. The van der Waals surface area contributed by atoms with E-state index in [1.165, 1.54) is 7.11 Å². The Hall–Kier alpha value is -3.15. The number of rotatable bonds is 6. The molecule has 2 amide bonds. The first-order valence-corrected chi connectivity index (χ1v) is 9.29. The second kappa shape index (κ2) is 8.25. The van der Waals surface area contributed by atoms with Crippen LogP contribution in [-0.4, -0.2) is 24.9 Å². The van der Waals surface area contributed by atoms with E-state index in [0.717, 1.165) is 11.3 Å². The number of hydrogen-bond acceptors (Lipinski definition) is 4. The summed E-state index contributed by atoms with van der Waals surface area (Å²) >= 11 is 0. The second-order valence-electron chi connectivity index (χ2n) is 7.24. The number of esters is 1. The zero-order chi connectivity index (χ0) is 20.3. The molecule has 2 atom stereocenters. The van der Waals surface area contributed by atoms with Crippen molar-refractivity contribution in [1.29, 1.82) is 0 Å². The molecule has 146 valence electrons. The molecule has 6 nitrogen and oxygen atoms in total. The van der Waals surface area contributed by atoms with Gasteiger partial charge in [0, 0.05) is 11.4 Å². The van der Waals surface area contributed by atoms with E-state index in [2.05, 4.69) is 29.2 Å². The van der Waals surface area contributed by atoms with Crippen LogP contribution in [0.2, 0.25) is 0 Å². The highest BCUT2D eigenvalue weighted by Gasteiger charge is 2.48. The summed E-state index contributed by atoms with van der Waals surface area (Å²) in [4.78, 5) is 36.6. The number of amides is 2. The zero-order valence-corrected chi connectivity index (χ0v) is 16.2. The van der Waals surface area contributed by atoms with Crippen LogP contribution in [-0.2, 0) is 14.3 Å². The molecule has 1 fully saturated rings. The molecule has 1 aliphatic rings. The van der Waals surface area contributed by atoms with Gasteiger partial charge < -0.3 is 15.4 Å². The molecule has 2 unspecified atom stereocenters. The molecule has 28 heavy (non-hydrogen) atoms. The van der Waals surface area contributed by atoms with Crippen molar-refractivity contribution in [1.82, 2.24) is 0 Å². The van der Waals surface area contributed by atoms with Crippen LogP contribution in [0.3, 0.4) is 0 Å². The fourth-order valence-electron chi connectivity index (χ4n) is 3.19. The zero-order valence-electron chi connectivity index (χ0n) is 16.2. The first-order valence-electron chi connectivity index (χ1n) is 9.29. The fraction of sp³-hybridized carbons (Fsp3) is 0.318. The highest BCUT2D eigenvalue weighted by molar-refractivity contribution is 6.04. The Kier molecular flexibility index (Phi) is 5.78. The minimum Gasteiger partial charge on any atom is -0.465 e. The van der Waals surface area contributed by atoms with Gasteiger partial charge in [-0.25, -0.2) is 4.79 Å². The average molecular weight is 380 g/mol. The van der Waals surface area contributed by atoms with E-state index < -0.39 is 5.97 Å². The summed E-state index contributed by atoms with van der Waals surface area (Å²) in [6.07, 6.45) is 0.512. The predicted molar refractivity (Wildman–Crippen MR) is 107 cm³/mol. The minimum absolute atomic E-state index is 0.142. The first kappa shape index (κ1) is 19.6. The monoisotopic (exact) mass is 380 g/mol. The van der Waals surface area contributed by atoms with E-state index in [1.807, 2.05) is 24.3 Å². The summed E-state index contributed by atoms with van der Waals surface area (Å²) in [5.74, 6) is -1.26. The predicted octanol–water partition coefficient (Wildman–Crippen LogP) is 3.81. The van der Waals surface area contributed by atoms with Crippen molar-refractivity contribution in [3.63, 3.8) is 0 Å². The van der Waals surface area contributed by atoms with Gasteiger partial charge in [-0.3, -0.25) is 9.59 Å². The summed E-state index contributed by atoms with van der Waals surface area (Å²) in [6, 6.07) is 14.2. The fourth-order valence-corrected chi connectivity index (χ4v) is 3.19. The Morgan fingerprint density at radius 3 is 2.32 bits per heavy atom. The van der Waals surface area contributed by atoms with E-state index in [-0.39, 0.29) is 29.6 Å². The third-order valence-electron chi connectivity index (χ3n) is 4.86. The van der Waals surface area contributed by atoms with Gasteiger partial charge in [0.15, 0.2) is 0 Å². The molecular weight excluding hydrogens is 356 g/mol. The van der Waals surface area contributed by atoms with E-state index in [1.54, 1.807) is 24.3 Å². The molecule has 2 N–H and O–H groups in total. The number of ether oxygens (including phenoxy) is 1. The number of nitrogens with one attached hydrogen (secondary N) is 2. The number of carbonyl (C=O) groups is 3. The maximum absolute atomic E-state index is 12.5. The van der Waals surface area contributed by atoms with E-state index in [0.29, 0.717) is 17.7 Å². The Labute approximate surface area is 164 Å². The summed E-state index contributed by atoms with van der Waals surface area (Å²) in [7, 11) is 1.30. The molecule has 0 spiro atoms. The van der Waals surface area contributed by atoms with Crippen LogP contribution in [0, 0.1) is 11.8 Å². The van der Waals surface area contributed by atoms with Crippen LogP contribution in [0.4, 0.5) is 11.4 Å². The second-order valence-corrected chi connectivity index (χ2v) is 7.24. The Morgan fingerprint density at radius 2 is 1.64 bits per heavy atom. The van der Waals surface area contributed by atoms with Crippen molar-refractivity contribution >= 4 is 29.2 Å². The van der Waals surface area contributed by atoms with Crippen molar-refractivity contribution in [2.45, 2.75) is 26.2 Å². The molecule has 0 aromatic heterocycles. The van der Waals surface area contributed by atoms with Crippen molar-refractivity contribution in [3.8, 4) is 0 Å². The highest BCUT2D eigenvalue weighted by Crippen LogP contribution is 2.40. The van der Waals surface area contributed by atoms with E-state index in [4.69, 9.17) is 0 Å². The van der Waals surface area contributed by atoms with Gasteiger partial charge in [0.2, 0.25) is 11.8 Å². The molecule has 0 saturated heterocycles. The quantitative estimate of drug-likeness (QED) is 0.747. The average Bonchev–Trinajstić information content (AvgIpc) is 3.49. The Balaban J connectivity index is 1.60. The molecule has 0 bridgehead atoms. The lowest BCUT2D eigenvalue weighted by Crippen LogP contribution is -2.21. The maximum atomic E-state index is 12.5. The molecule has 2 aromatic rings. The summed E-state index contributed by atoms with van der Waals surface area (Å²) < 4.78 is 4.68. The van der Waals surface area contributed by atoms with Crippen molar-refractivity contribution in [3.05, 3.63) is 59.7 Å². The molecule has 0 aliphatic heterocycles. The third-order valence-corrected chi connectivity index (χ3v) is 4.86. The number of benzene rings is 2. The number of methoxy groups -OCH3 is 1. The van der Waals surface area contributed by atoms with Crippen molar-refractivity contribution in [2.75, 3.05) is 17.7 Å². The topological polar surface area (TPSA) is 84.5 Å². The Bertz CT molecular complexity index is 907. The Morgan fingerprint density at radius 1 is 0.964 bits per heavy atom. The van der Waals surface area contributed by atoms with Gasteiger partial charge in [-0.1, -0.05) is 38.1 Å². The van der Waals surface area contributed by atoms with Gasteiger partial charge in [0.05, 0.1) is 24.5 Å². The highest BCUT2D eigenvalue weighted by atomic mass is 16.5. The van der Waals surface area contributed by atoms with Crippen LogP contribution >= 0.6 is 0 Å². The van der Waals surface area contributed by atoms with Crippen LogP contribution in [0.1, 0.15) is 42.1 Å². The van der Waals surface area contributed by atoms with E-state index >= 15 is 0 Å². The van der Waals surface area contributed by atoms with Crippen molar-refractivity contribution in [2.24, 2.45) is 11.8 Å². The molecular formula is C22H24N2O4. The lowest BCUT2D eigenvalue weighted by molar-refractivity contribution is -0.122. The normalized spacial score (nSPS) is 17.7. The van der Waals surface area contributed by atoms with Crippen LogP contribution < -0.4 is 10.6 Å². The van der Waals surface area contributed by atoms with Gasteiger partial charge in [-0.05, 0) is 42.2 Å². The maximum Gasteiger partial charge on any atom is 0.337 e. The molecule has 6 heteroatoms. The number of para-hydroxylation sites is 1. The molecule has 1 saturated carbocycles. The number of anilines is 2. The first-order chi connectivity index (χ1) is 13.4. The molecule has 0 radical (unpaired) electrons. The van der Waals surface area contributed by atoms with Gasteiger partial charge in [0.25, 0.3) is 0 Å². The molecule has 0 heterocycles. The smallest absolute Gasteiger partial charge is 0.337 e. The summed E-state index contributed by atoms with van der Waals surface area (Å²) in [6.45, 7) is 4.14. The largest absolute Gasteiger partial charge is 0.465 e. The number of hydrogen-bond donors (Lipinski definition) is 2. The van der Waals surface area contributed by atoms with Gasteiger partial charge in [-0.2, -0.15) is 0 Å².